The van der Waals surface area contributed by atoms with E-state index in [0.29, 0.717) is 5.65 Å². The maximum Gasteiger partial charge on any atom is 0.350 e. The van der Waals surface area contributed by atoms with Gasteiger partial charge >= 0.3 is 7.60 Å². The molecule has 2 aromatic heterocycles. The van der Waals surface area contributed by atoms with E-state index in [0.717, 1.165) is 0 Å². The number of fused-ring (bicyclic) bond motifs is 1. The van der Waals surface area contributed by atoms with Crippen molar-refractivity contribution in [2.75, 3.05) is 18.7 Å². The van der Waals surface area contributed by atoms with E-state index in [4.69, 9.17) is 20.3 Å². The molecule has 0 atom stereocenters. The van der Waals surface area contributed by atoms with E-state index >= 15 is 0 Å². The van der Waals surface area contributed by atoms with E-state index in [-0.39, 0.29) is 30.1 Å². The lowest BCUT2D eigenvalue weighted by Gasteiger charge is -2.06. The highest BCUT2D eigenvalue weighted by Crippen LogP contribution is 2.33. The number of nitrogen functional groups attached to an aromatic ring is 1. The van der Waals surface area contributed by atoms with Crippen LogP contribution in [-0.4, -0.2) is 47.7 Å². The molecule has 20 heavy (non-hydrogen) atoms. The summed E-state index contributed by atoms with van der Waals surface area (Å²) in [5.74, 6) is -0.0321. The highest BCUT2D eigenvalue weighted by molar-refractivity contribution is 7.51. The fourth-order valence-corrected chi connectivity index (χ4v) is 1.85. The van der Waals surface area contributed by atoms with Crippen molar-refractivity contribution in [3.05, 3.63) is 16.7 Å². The molecule has 0 saturated heterocycles. The Morgan fingerprint density at radius 2 is 2.20 bits per heavy atom. The van der Waals surface area contributed by atoms with Crippen LogP contribution < -0.4 is 11.3 Å². The smallest absolute Gasteiger partial charge is 0.350 e. The van der Waals surface area contributed by atoms with Crippen molar-refractivity contribution < 1.29 is 24.6 Å². The fraction of sp³-hybridized carbons (Fsp3) is 0.375. The summed E-state index contributed by atoms with van der Waals surface area (Å²) in [7, 11) is -4.17. The van der Waals surface area contributed by atoms with Crippen LogP contribution in [-0.2, 0) is 15.8 Å². The van der Waals surface area contributed by atoms with Crippen molar-refractivity contribution in [3.8, 4) is 0 Å². The lowest BCUT2D eigenvalue weighted by Crippen LogP contribution is -2.13. The van der Waals surface area contributed by atoms with Crippen LogP contribution in [0.3, 0.4) is 0 Å². The van der Waals surface area contributed by atoms with Gasteiger partial charge in [-0.15, -0.1) is 0 Å². The van der Waals surface area contributed by atoms with Crippen LogP contribution in [0.15, 0.2) is 11.1 Å². The largest absolute Gasteiger partial charge is 0.412 e. The predicted octanol–water partition coefficient (Wildman–Crippen LogP) is -1.97. The van der Waals surface area contributed by atoms with Gasteiger partial charge in [-0.05, 0) is 0 Å². The first kappa shape index (κ1) is 16.3. The molecule has 11 nitrogen and oxygen atoms in total. The van der Waals surface area contributed by atoms with E-state index in [9.17, 15) is 9.36 Å². The Labute approximate surface area is 111 Å². The summed E-state index contributed by atoms with van der Waals surface area (Å²) < 4.78 is 16.9. The number of ether oxygens (including phenoxy) is 1. The minimum Gasteiger partial charge on any atom is -0.412 e. The quantitative estimate of drug-likeness (QED) is 0.361. The predicted molar refractivity (Wildman–Crippen MR) is 69.0 cm³/mol. The van der Waals surface area contributed by atoms with E-state index < -0.39 is 19.5 Å². The van der Waals surface area contributed by atoms with Crippen molar-refractivity contribution in [3.63, 3.8) is 0 Å². The first-order valence-corrected chi connectivity index (χ1v) is 6.99. The van der Waals surface area contributed by atoms with Gasteiger partial charge in [-0.25, -0.2) is 4.98 Å². The number of aromatic nitrogens is 4. The van der Waals surface area contributed by atoms with Crippen LogP contribution in [0.1, 0.15) is 0 Å². The van der Waals surface area contributed by atoms with Crippen LogP contribution in [0, 0.1) is 0 Å². The molecule has 0 aliphatic carbocycles. The van der Waals surface area contributed by atoms with Crippen LogP contribution in [0.5, 0.6) is 0 Å². The van der Waals surface area contributed by atoms with Gasteiger partial charge in [0, 0.05) is 6.54 Å². The maximum absolute atomic E-state index is 11.5. The molecule has 0 bridgehead atoms. The molecule has 7 N–H and O–H groups in total. The van der Waals surface area contributed by atoms with Crippen molar-refractivity contribution >= 4 is 24.7 Å². The van der Waals surface area contributed by atoms with Gasteiger partial charge in [0.05, 0.1) is 12.9 Å². The standard InChI is InChI=1S/C8H12N5O5P.H2O/c9-8-11-6-5(7(14)12-8)10-3-13(6)1-2-18-4-19(15,16)17;/h3H,1-2,4H2,(H2,15,16,17)(H3,9,11,12,14);1H2. The fourth-order valence-electron chi connectivity index (χ4n) is 1.48. The van der Waals surface area contributed by atoms with Gasteiger partial charge < -0.3 is 30.3 Å². The Kier molecular flexibility index (Phi) is 4.98. The monoisotopic (exact) mass is 307 g/mol. The topological polar surface area (TPSA) is 188 Å². The first-order valence-electron chi connectivity index (χ1n) is 5.20. The Hall–Kier alpha value is -1.78. The zero-order valence-corrected chi connectivity index (χ0v) is 11.1. The van der Waals surface area contributed by atoms with Crippen molar-refractivity contribution in [1.29, 1.82) is 0 Å². The third-order valence-corrected chi connectivity index (χ3v) is 2.75. The van der Waals surface area contributed by atoms with Gasteiger partial charge in [0.1, 0.15) is 6.35 Å². The van der Waals surface area contributed by atoms with E-state index in [1.807, 2.05) is 0 Å². The molecular weight excluding hydrogens is 293 g/mol. The zero-order valence-electron chi connectivity index (χ0n) is 10.2. The summed E-state index contributed by atoms with van der Waals surface area (Å²) in [4.78, 5) is 38.8. The van der Waals surface area contributed by atoms with E-state index in [2.05, 4.69) is 15.0 Å². The molecule has 0 radical (unpaired) electrons. The number of nitrogens with zero attached hydrogens (tertiary/aromatic N) is 3. The molecule has 0 unspecified atom stereocenters. The molecule has 0 aliphatic rings. The summed E-state index contributed by atoms with van der Waals surface area (Å²) in [6.07, 6.45) is 0.725. The Balaban J connectivity index is 0.00000200. The number of imidazole rings is 1. The summed E-state index contributed by atoms with van der Waals surface area (Å²) in [5.41, 5.74) is 5.41. The normalized spacial score (nSPS) is 11.5. The van der Waals surface area contributed by atoms with E-state index in [1.165, 1.54) is 10.9 Å². The van der Waals surface area contributed by atoms with Gasteiger partial charge in [0.15, 0.2) is 11.2 Å². The molecule has 0 saturated carbocycles. The van der Waals surface area contributed by atoms with Crippen LogP contribution in [0.4, 0.5) is 5.95 Å². The molecule has 0 amide bonds. The Morgan fingerprint density at radius 3 is 2.85 bits per heavy atom. The van der Waals surface area contributed by atoms with Crippen LogP contribution >= 0.6 is 7.60 Å². The summed E-state index contributed by atoms with van der Waals surface area (Å²) >= 11 is 0. The molecule has 2 rings (SSSR count). The number of nitrogens with one attached hydrogen (secondary N) is 1. The maximum atomic E-state index is 11.5. The molecule has 0 aromatic carbocycles. The van der Waals surface area contributed by atoms with Crippen LogP contribution in [0.25, 0.3) is 11.2 Å². The van der Waals surface area contributed by atoms with Crippen molar-refractivity contribution in [2.24, 2.45) is 0 Å². The van der Waals surface area contributed by atoms with Gasteiger partial charge in [0.2, 0.25) is 5.95 Å². The second-order valence-electron chi connectivity index (χ2n) is 3.76. The minimum atomic E-state index is -4.17. The third kappa shape index (κ3) is 3.85. The molecule has 112 valence electrons. The Morgan fingerprint density at radius 1 is 1.50 bits per heavy atom. The Bertz CT molecular complexity index is 690. The van der Waals surface area contributed by atoms with Gasteiger partial charge in [0.25, 0.3) is 5.56 Å². The molecule has 0 aliphatic heterocycles. The number of nitrogens with two attached hydrogens (primary N) is 1. The minimum absolute atomic E-state index is 0. The summed E-state index contributed by atoms with van der Waals surface area (Å²) in [5, 5.41) is 0. The van der Waals surface area contributed by atoms with Crippen molar-refractivity contribution in [1.82, 2.24) is 19.5 Å². The lowest BCUT2D eigenvalue weighted by molar-refractivity contribution is 0.149. The second kappa shape index (κ2) is 6.11. The van der Waals surface area contributed by atoms with Gasteiger partial charge in [-0.2, -0.15) is 4.98 Å². The van der Waals surface area contributed by atoms with Gasteiger partial charge in [-0.1, -0.05) is 0 Å². The van der Waals surface area contributed by atoms with Crippen LogP contribution in [0.2, 0.25) is 0 Å². The number of anilines is 1. The SMILES string of the molecule is Nc1nc2c(ncn2CCOCP(=O)(O)O)c(=O)[nH]1.O. The average molecular weight is 307 g/mol. The molecule has 0 fully saturated rings. The van der Waals surface area contributed by atoms with Crippen molar-refractivity contribution in [2.45, 2.75) is 6.54 Å². The molecule has 2 aromatic rings. The van der Waals surface area contributed by atoms with Gasteiger partial charge in [-0.3, -0.25) is 14.3 Å². The van der Waals surface area contributed by atoms with E-state index in [1.54, 1.807) is 0 Å². The molecule has 2 heterocycles. The number of H-pyrrole nitrogens is 1. The highest BCUT2D eigenvalue weighted by Gasteiger charge is 2.13. The summed E-state index contributed by atoms with van der Waals surface area (Å²) in [6.45, 7) is 0.289. The zero-order chi connectivity index (χ0) is 14.0. The summed E-state index contributed by atoms with van der Waals surface area (Å²) in [6, 6.07) is 0. The third-order valence-electron chi connectivity index (χ3n) is 2.23. The molecule has 12 heteroatoms. The molecular formula is C8H14N5O6P. The number of rotatable bonds is 5. The number of hydrogen-bond donors (Lipinski definition) is 4. The molecule has 0 spiro atoms. The number of aromatic amines is 1. The average Bonchev–Trinajstić information content (AvgIpc) is 2.66. The second-order valence-corrected chi connectivity index (χ2v) is 5.35. The highest BCUT2D eigenvalue weighted by atomic mass is 31.2. The first-order chi connectivity index (χ1) is 8.87. The number of hydrogen-bond acceptors (Lipinski definition) is 6. The lowest BCUT2D eigenvalue weighted by atomic mass is 10.5.